The number of aliphatic hydroxyl groups is 1. The first-order valence-electron chi connectivity index (χ1n) is 5.69. The zero-order valence-electron chi connectivity index (χ0n) is 9.43. The van der Waals surface area contributed by atoms with Gasteiger partial charge in [-0.3, -0.25) is 9.59 Å². The Kier molecular flexibility index (Phi) is 3.28. The standard InChI is InChI=1S/C12H15NO4/c14-9(6-12(16)17)7-13-10-3-1-2-8(10)4-5-11(13)15/h4-5,9,14H,1-3,6-7H2,(H,16,17). The summed E-state index contributed by atoms with van der Waals surface area (Å²) in [5.74, 6) is -1.06. The van der Waals surface area contributed by atoms with Crippen LogP contribution in [0.3, 0.4) is 0 Å². The summed E-state index contributed by atoms with van der Waals surface area (Å²) in [6.45, 7) is 0.0638. The number of nitrogens with zero attached hydrogens (tertiary/aromatic N) is 1. The molecule has 1 aliphatic carbocycles. The molecular formula is C12H15NO4. The molecule has 0 amide bonds. The number of carboxylic acid groups (broad SMARTS) is 1. The van der Waals surface area contributed by atoms with Crippen molar-refractivity contribution < 1.29 is 15.0 Å². The number of aryl methyl sites for hydroxylation is 1. The molecule has 1 unspecified atom stereocenters. The van der Waals surface area contributed by atoms with Crippen LogP contribution in [0.25, 0.3) is 0 Å². The van der Waals surface area contributed by atoms with E-state index in [-0.39, 0.29) is 18.5 Å². The largest absolute Gasteiger partial charge is 0.481 e. The van der Waals surface area contributed by atoms with Gasteiger partial charge in [0.25, 0.3) is 5.56 Å². The van der Waals surface area contributed by atoms with Gasteiger partial charge in [-0.05, 0) is 24.8 Å². The summed E-state index contributed by atoms with van der Waals surface area (Å²) in [7, 11) is 0. The number of carboxylic acids is 1. The maximum atomic E-state index is 11.7. The highest BCUT2D eigenvalue weighted by molar-refractivity contribution is 5.67. The number of pyridine rings is 1. The van der Waals surface area contributed by atoms with Crippen molar-refractivity contribution >= 4 is 5.97 Å². The molecule has 1 atom stereocenters. The third-order valence-electron chi connectivity index (χ3n) is 3.05. The summed E-state index contributed by atoms with van der Waals surface area (Å²) in [5, 5.41) is 18.2. The fourth-order valence-electron chi connectivity index (χ4n) is 2.31. The van der Waals surface area contributed by atoms with E-state index in [1.54, 1.807) is 0 Å². The minimum absolute atomic E-state index is 0.0638. The molecule has 0 bridgehead atoms. The van der Waals surface area contributed by atoms with Crippen LogP contribution in [0.1, 0.15) is 24.1 Å². The van der Waals surface area contributed by atoms with Gasteiger partial charge in [-0.1, -0.05) is 6.07 Å². The topological polar surface area (TPSA) is 79.5 Å². The van der Waals surface area contributed by atoms with E-state index in [9.17, 15) is 14.7 Å². The molecular weight excluding hydrogens is 222 g/mol. The van der Waals surface area contributed by atoms with Gasteiger partial charge >= 0.3 is 5.97 Å². The molecule has 0 saturated heterocycles. The summed E-state index contributed by atoms with van der Waals surface area (Å²) in [6, 6.07) is 3.31. The lowest BCUT2D eigenvalue weighted by atomic mass is 10.2. The molecule has 1 aromatic rings. The molecule has 0 aliphatic heterocycles. The number of fused-ring (bicyclic) bond motifs is 1. The zero-order chi connectivity index (χ0) is 12.4. The molecule has 0 fully saturated rings. The molecule has 0 saturated carbocycles. The number of carbonyl (C=O) groups is 1. The van der Waals surface area contributed by atoms with E-state index in [4.69, 9.17) is 5.11 Å². The summed E-state index contributed by atoms with van der Waals surface area (Å²) in [6.07, 6.45) is 1.43. The fraction of sp³-hybridized carbons (Fsp3) is 0.500. The smallest absolute Gasteiger partial charge is 0.306 e. The van der Waals surface area contributed by atoms with Crippen molar-refractivity contribution in [1.82, 2.24) is 4.57 Å². The molecule has 1 heterocycles. The van der Waals surface area contributed by atoms with E-state index >= 15 is 0 Å². The predicted octanol–water partition coefficient (Wildman–Crippen LogP) is 0.173. The van der Waals surface area contributed by atoms with Gasteiger partial charge in [0.1, 0.15) is 0 Å². The molecule has 0 spiro atoms. The monoisotopic (exact) mass is 237 g/mol. The maximum Gasteiger partial charge on any atom is 0.306 e. The normalized spacial score (nSPS) is 15.6. The van der Waals surface area contributed by atoms with Gasteiger partial charge in [0, 0.05) is 11.8 Å². The van der Waals surface area contributed by atoms with Crippen LogP contribution in [-0.2, 0) is 24.2 Å². The number of hydrogen-bond donors (Lipinski definition) is 2. The molecule has 5 heteroatoms. The lowest BCUT2D eigenvalue weighted by Gasteiger charge is -2.14. The Morgan fingerprint density at radius 2 is 2.18 bits per heavy atom. The fourth-order valence-corrected chi connectivity index (χ4v) is 2.31. The second-order valence-electron chi connectivity index (χ2n) is 4.36. The quantitative estimate of drug-likeness (QED) is 0.782. The highest BCUT2D eigenvalue weighted by Gasteiger charge is 2.18. The lowest BCUT2D eigenvalue weighted by molar-refractivity contribution is -0.139. The number of aliphatic carboxylic acids is 1. The molecule has 92 valence electrons. The Balaban J connectivity index is 2.24. The van der Waals surface area contributed by atoms with Crippen LogP contribution in [0.4, 0.5) is 0 Å². The van der Waals surface area contributed by atoms with E-state index in [1.165, 1.54) is 10.6 Å². The highest BCUT2D eigenvalue weighted by Crippen LogP contribution is 2.20. The molecule has 5 nitrogen and oxygen atoms in total. The van der Waals surface area contributed by atoms with Crippen molar-refractivity contribution in [3.05, 3.63) is 33.7 Å². The van der Waals surface area contributed by atoms with Crippen LogP contribution < -0.4 is 5.56 Å². The van der Waals surface area contributed by atoms with E-state index in [0.29, 0.717) is 0 Å². The van der Waals surface area contributed by atoms with Gasteiger partial charge < -0.3 is 14.8 Å². The number of rotatable bonds is 4. The average molecular weight is 237 g/mol. The summed E-state index contributed by atoms with van der Waals surface area (Å²) >= 11 is 0. The minimum Gasteiger partial charge on any atom is -0.481 e. The van der Waals surface area contributed by atoms with E-state index in [2.05, 4.69) is 0 Å². The van der Waals surface area contributed by atoms with Crippen molar-refractivity contribution in [3.8, 4) is 0 Å². The average Bonchev–Trinajstić information content (AvgIpc) is 2.69. The zero-order valence-corrected chi connectivity index (χ0v) is 9.43. The molecule has 0 aromatic carbocycles. The van der Waals surface area contributed by atoms with Gasteiger partial charge in [-0.15, -0.1) is 0 Å². The van der Waals surface area contributed by atoms with Crippen LogP contribution >= 0.6 is 0 Å². The first-order valence-corrected chi connectivity index (χ1v) is 5.69. The summed E-state index contributed by atoms with van der Waals surface area (Å²) in [5.41, 5.74) is 1.91. The van der Waals surface area contributed by atoms with Crippen LogP contribution in [0, 0.1) is 0 Å². The predicted molar refractivity (Wildman–Crippen MR) is 61.0 cm³/mol. The number of hydrogen-bond acceptors (Lipinski definition) is 3. The van der Waals surface area contributed by atoms with Crippen LogP contribution in [0.15, 0.2) is 16.9 Å². The lowest BCUT2D eigenvalue weighted by Crippen LogP contribution is -2.29. The molecule has 2 N–H and O–H groups in total. The first-order chi connectivity index (χ1) is 8.08. The maximum absolute atomic E-state index is 11.7. The first kappa shape index (κ1) is 11.9. The Morgan fingerprint density at radius 1 is 1.41 bits per heavy atom. The Morgan fingerprint density at radius 3 is 2.88 bits per heavy atom. The van der Waals surface area contributed by atoms with E-state index in [1.807, 2.05) is 6.07 Å². The van der Waals surface area contributed by atoms with Gasteiger partial charge in [0.15, 0.2) is 0 Å². The Bertz CT molecular complexity index is 492. The van der Waals surface area contributed by atoms with Crippen LogP contribution in [-0.4, -0.2) is 26.9 Å². The second kappa shape index (κ2) is 4.71. The third-order valence-corrected chi connectivity index (χ3v) is 3.05. The number of aliphatic hydroxyl groups excluding tert-OH is 1. The van der Waals surface area contributed by atoms with Crippen LogP contribution in [0.5, 0.6) is 0 Å². The van der Waals surface area contributed by atoms with E-state index in [0.717, 1.165) is 30.5 Å². The molecule has 1 aromatic heterocycles. The third kappa shape index (κ3) is 2.55. The minimum atomic E-state index is -1.06. The van der Waals surface area contributed by atoms with Gasteiger partial charge in [-0.2, -0.15) is 0 Å². The van der Waals surface area contributed by atoms with Crippen molar-refractivity contribution in [2.45, 2.75) is 38.3 Å². The molecule has 2 rings (SSSR count). The second-order valence-corrected chi connectivity index (χ2v) is 4.36. The molecule has 1 aliphatic rings. The van der Waals surface area contributed by atoms with Crippen molar-refractivity contribution in [2.24, 2.45) is 0 Å². The van der Waals surface area contributed by atoms with Gasteiger partial charge in [0.2, 0.25) is 0 Å². The highest BCUT2D eigenvalue weighted by atomic mass is 16.4. The molecule has 0 radical (unpaired) electrons. The SMILES string of the molecule is O=C(O)CC(O)Cn1c2c(ccc1=O)CCC2. The van der Waals surface area contributed by atoms with E-state index < -0.39 is 12.1 Å². The Hall–Kier alpha value is -1.62. The Labute approximate surface area is 98.3 Å². The van der Waals surface area contributed by atoms with Crippen molar-refractivity contribution in [1.29, 1.82) is 0 Å². The van der Waals surface area contributed by atoms with Crippen molar-refractivity contribution in [3.63, 3.8) is 0 Å². The summed E-state index contributed by atoms with van der Waals surface area (Å²) in [4.78, 5) is 22.2. The molecule has 17 heavy (non-hydrogen) atoms. The van der Waals surface area contributed by atoms with Crippen molar-refractivity contribution in [2.75, 3.05) is 0 Å². The number of aromatic nitrogens is 1. The van der Waals surface area contributed by atoms with Gasteiger partial charge in [0.05, 0.1) is 19.1 Å². The van der Waals surface area contributed by atoms with Gasteiger partial charge in [-0.25, -0.2) is 0 Å². The van der Waals surface area contributed by atoms with Crippen LogP contribution in [0.2, 0.25) is 0 Å². The summed E-state index contributed by atoms with van der Waals surface area (Å²) < 4.78 is 1.51.